The van der Waals surface area contributed by atoms with E-state index in [9.17, 15) is 9.59 Å². The van der Waals surface area contributed by atoms with Crippen molar-refractivity contribution in [3.63, 3.8) is 0 Å². The van der Waals surface area contributed by atoms with Gasteiger partial charge in [0.1, 0.15) is 12.3 Å². The highest BCUT2D eigenvalue weighted by Gasteiger charge is 2.11. The maximum atomic E-state index is 11.4. The predicted molar refractivity (Wildman–Crippen MR) is 56.2 cm³/mol. The van der Waals surface area contributed by atoms with Crippen LogP contribution in [0.15, 0.2) is 27.4 Å². The number of nitrogens with zero attached hydrogens (tertiary/aromatic N) is 1. The van der Waals surface area contributed by atoms with E-state index in [0.29, 0.717) is 16.8 Å². The molecule has 0 aliphatic rings. The molecule has 0 spiro atoms. The van der Waals surface area contributed by atoms with E-state index in [1.54, 1.807) is 18.2 Å². The highest BCUT2D eigenvalue weighted by atomic mass is 16.5. The summed E-state index contributed by atoms with van der Waals surface area (Å²) in [5, 5.41) is 0. The highest BCUT2D eigenvalue weighted by molar-refractivity contribution is 5.79. The van der Waals surface area contributed by atoms with Crippen molar-refractivity contribution >= 4 is 17.0 Å². The molecule has 0 atom stereocenters. The van der Waals surface area contributed by atoms with E-state index in [2.05, 4.69) is 0 Å². The lowest BCUT2D eigenvalue weighted by molar-refractivity contribution is -0.118. The zero-order valence-electron chi connectivity index (χ0n) is 8.60. The van der Waals surface area contributed by atoms with Crippen LogP contribution in [0.2, 0.25) is 0 Å². The Balaban J connectivity index is 2.62. The number of carbonyl (C=O) groups is 1. The number of ether oxygens (including phenoxy) is 1. The number of oxazole rings is 1. The number of carbonyl (C=O) groups excluding carboxylic acids is 1. The normalized spacial score (nSPS) is 10.6. The quantitative estimate of drug-likeness (QED) is 0.797. The minimum Gasteiger partial charge on any atom is -0.497 e. The third kappa shape index (κ3) is 1.65. The largest absolute Gasteiger partial charge is 0.497 e. The molecule has 0 aliphatic carbocycles. The first-order valence-electron chi connectivity index (χ1n) is 4.57. The van der Waals surface area contributed by atoms with Gasteiger partial charge in [-0.1, -0.05) is 0 Å². The van der Waals surface area contributed by atoms with Gasteiger partial charge in [0.25, 0.3) is 0 Å². The maximum Gasteiger partial charge on any atom is 0.420 e. The Bertz CT molecular complexity index is 596. The Morgan fingerprint density at radius 2 is 2.31 bits per heavy atom. The van der Waals surface area contributed by atoms with Gasteiger partial charge >= 0.3 is 5.76 Å². The van der Waals surface area contributed by atoms with Gasteiger partial charge < -0.3 is 14.9 Å². The molecule has 2 N–H and O–H groups in total. The summed E-state index contributed by atoms with van der Waals surface area (Å²) < 4.78 is 11.1. The van der Waals surface area contributed by atoms with E-state index in [1.165, 1.54) is 11.7 Å². The van der Waals surface area contributed by atoms with Crippen molar-refractivity contribution in [3.8, 4) is 5.75 Å². The number of aromatic nitrogens is 1. The van der Waals surface area contributed by atoms with E-state index >= 15 is 0 Å². The molecule has 2 aromatic rings. The molecule has 0 fully saturated rings. The number of methoxy groups -OCH3 is 1. The minimum atomic E-state index is -0.609. The van der Waals surface area contributed by atoms with Gasteiger partial charge in [-0.15, -0.1) is 0 Å². The summed E-state index contributed by atoms with van der Waals surface area (Å²) >= 11 is 0. The van der Waals surface area contributed by atoms with Crippen LogP contribution >= 0.6 is 0 Å². The molecule has 0 unspecified atom stereocenters. The lowest BCUT2D eigenvalue weighted by Gasteiger charge is -1.99. The van der Waals surface area contributed by atoms with Gasteiger partial charge in [0.15, 0.2) is 5.58 Å². The van der Waals surface area contributed by atoms with Gasteiger partial charge in [0.2, 0.25) is 5.91 Å². The number of primary amides is 1. The summed E-state index contributed by atoms with van der Waals surface area (Å²) in [6, 6.07) is 4.89. The average molecular weight is 222 g/mol. The second-order valence-electron chi connectivity index (χ2n) is 3.25. The number of benzene rings is 1. The van der Waals surface area contributed by atoms with E-state index in [-0.39, 0.29) is 6.54 Å². The smallest absolute Gasteiger partial charge is 0.420 e. The van der Waals surface area contributed by atoms with Crippen molar-refractivity contribution in [2.45, 2.75) is 6.54 Å². The third-order valence-electron chi connectivity index (χ3n) is 2.19. The van der Waals surface area contributed by atoms with Crippen molar-refractivity contribution < 1.29 is 13.9 Å². The van der Waals surface area contributed by atoms with Crippen LogP contribution in [-0.2, 0) is 11.3 Å². The van der Waals surface area contributed by atoms with Crippen LogP contribution < -0.4 is 16.2 Å². The van der Waals surface area contributed by atoms with Gasteiger partial charge in [-0.2, -0.15) is 0 Å². The fourth-order valence-corrected chi connectivity index (χ4v) is 1.48. The topological polar surface area (TPSA) is 87.5 Å². The summed E-state index contributed by atoms with van der Waals surface area (Å²) in [5.41, 5.74) is 5.92. The minimum absolute atomic E-state index is 0.196. The zero-order chi connectivity index (χ0) is 11.7. The molecule has 16 heavy (non-hydrogen) atoms. The van der Waals surface area contributed by atoms with Crippen LogP contribution in [0.3, 0.4) is 0 Å². The molecule has 6 nitrogen and oxygen atoms in total. The van der Waals surface area contributed by atoms with Gasteiger partial charge in [0.05, 0.1) is 12.6 Å². The number of hydrogen-bond donors (Lipinski definition) is 1. The van der Waals surface area contributed by atoms with Crippen LogP contribution in [0.4, 0.5) is 0 Å². The van der Waals surface area contributed by atoms with E-state index in [4.69, 9.17) is 14.9 Å². The van der Waals surface area contributed by atoms with Crippen LogP contribution in [0, 0.1) is 0 Å². The average Bonchev–Trinajstić information content (AvgIpc) is 2.54. The monoisotopic (exact) mass is 222 g/mol. The van der Waals surface area contributed by atoms with Crippen LogP contribution in [0.25, 0.3) is 11.1 Å². The Hall–Kier alpha value is -2.24. The van der Waals surface area contributed by atoms with Crippen molar-refractivity contribution in [2.75, 3.05) is 7.11 Å². The first kappa shape index (κ1) is 10.3. The molecule has 2 rings (SSSR count). The summed E-state index contributed by atoms with van der Waals surface area (Å²) in [5.74, 6) is -0.629. The summed E-state index contributed by atoms with van der Waals surface area (Å²) in [7, 11) is 1.51. The van der Waals surface area contributed by atoms with E-state index in [1.807, 2.05) is 0 Å². The Labute approximate surface area is 90.2 Å². The van der Waals surface area contributed by atoms with Crippen molar-refractivity contribution in [3.05, 3.63) is 28.7 Å². The van der Waals surface area contributed by atoms with E-state index < -0.39 is 11.7 Å². The lowest BCUT2D eigenvalue weighted by Crippen LogP contribution is -2.24. The molecule has 0 aliphatic heterocycles. The number of nitrogens with two attached hydrogens (primary N) is 1. The van der Waals surface area contributed by atoms with Crippen molar-refractivity contribution in [2.24, 2.45) is 5.73 Å². The van der Waals surface area contributed by atoms with Crippen LogP contribution in [-0.4, -0.2) is 17.6 Å². The lowest BCUT2D eigenvalue weighted by atomic mass is 10.3. The standard InChI is InChI=1S/C10H10N2O4/c1-15-6-2-3-7-8(4-6)16-10(14)12(7)5-9(11)13/h2-4H,5H2,1H3,(H2,11,13). The second kappa shape index (κ2) is 3.73. The molecule has 1 heterocycles. The van der Waals surface area contributed by atoms with Gasteiger partial charge in [-0.05, 0) is 12.1 Å². The fourth-order valence-electron chi connectivity index (χ4n) is 1.48. The number of hydrogen-bond acceptors (Lipinski definition) is 4. The second-order valence-corrected chi connectivity index (χ2v) is 3.25. The zero-order valence-corrected chi connectivity index (χ0v) is 8.60. The molecule has 1 amide bonds. The first-order valence-corrected chi connectivity index (χ1v) is 4.57. The Kier molecular flexibility index (Phi) is 2.40. The molecule has 6 heteroatoms. The number of rotatable bonds is 3. The van der Waals surface area contributed by atoms with Gasteiger partial charge in [0, 0.05) is 6.07 Å². The maximum absolute atomic E-state index is 11.4. The van der Waals surface area contributed by atoms with E-state index in [0.717, 1.165) is 0 Å². The molecule has 0 saturated heterocycles. The van der Waals surface area contributed by atoms with Crippen LogP contribution in [0.1, 0.15) is 0 Å². The molecule has 0 saturated carbocycles. The molecule has 0 radical (unpaired) electrons. The molecular formula is C10H10N2O4. The number of fused-ring (bicyclic) bond motifs is 1. The Morgan fingerprint density at radius 3 is 2.94 bits per heavy atom. The highest BCUT2D eigenvalue weighted by Crippen LogP contribution is 2.19. The van der Waals surface area contributed by atoms with Crippen molar-refractivity contribution in [1.82, 2.24) is 4.57 Å². The molecule has 1 aromatic carbocycles. The number of amides is 1. The molecule has 1 aromatic heterocycles. The molecular weight excluding hydrogens is 212 g/mol. The SMILES string of the molecule is COc1ccc2c(c1)oc(=O)n2CC(N)=O. The third-order valence-corrected chi connectivity index (χ3v) is 2.19. The first-order chi connectivity index (χ1) is 7.61. The summed E-state index contributed by atoms with van der Waals surface area (Å²) in [6.45, 7) is -0.196. The predicted octanol–water partition coefficient (Wildman–Crippen LogP) is 0.0884. The summed E-state index contributed by atoms with van der Waals surface area (Å²) in [6.07, 6.45) is 0. The molecule has 84 valence electrons. The molecule has 0 bridgehead atoms. The van der Waals surface area contributed by atoms with Gasteiger partial charge in [-0.25, -0.2) is 4.79 Å². The van der Waals surface area contributed by atoms with Gasteiger partial charge in [-0.3, -0.25) is 9.36 Å². The van der Waals surface area contributed by atoms with Crippen molar-refractivity contribution in [1.29, 1.82) is 0 Å². The fraction of sp³-hybridized carbons (Fsp3) is 0.200. The van der Waals surface area contributed by atoms with Crippen LogP contribution in [0.5, 0.6) is 5.75 Å². The summed E-state index contributed by atoms with van der Waals surface area (Å²) in [4.78, 5) is 22.2. The Morgan fingerprint density at radius 1 is 1.56 bits per heavy atom.